The number of benzene rings is 2. The molecule has 7 heteroatoms. The van der Waals surface area contributed by atoms with Crippen molar-refractivity contribution in [3.63, 3.8) is 0 Å². The number of thiazole rings is 1. The van der Waals surface area contributed by atoms with Crippen LogP contribution in [0.4, 0.5) is 0 Å². The van der Waals surface area contributed by atoms with E-state index in [0.29, 0.717) is 27.8 Å². The molecule has 0 bridgehead atoms. The van der Waals surface area contributed by atoms with E-state index in [0.717, 1.165) is 16.8 Å². The van der Waals surface area contributed by atoms with Gasteiger partial charge in [-0.1, -0.05) is 6.07 Å². The van der Waals surface area contributed by atoms with Crippen LogP contribution < -0.4 is 14.2 Å². The lowest BCUT2D eigenvalue weighted by atomic mass is 10.1. The molecule has 0 saturated heterocycles. The lowest BCUT2D eigenvalue weighted by Gasteiger charge is -2.08. The summed E-state index contributed by atoms with van der Waals surface area (Å²) in [6.45, 7) is 0. The van der Waals surface area contributed by atoms with Gasteiger partial charge >= 0.3 is 0 Å². The Kier molecular flexibility index (Phi) is 5.82. The summed E-state index contributed by atoms with van der Waals surface area (Å²) in [6.07, 6.45) is 1.71. The molecule has 0 spiro atoms. The molecule has 1 aromatic heterocycles. The first-order valence-corrected chi connectivity index (χ1v) is 9.14. The Balaban J connectivity index is 1.95. The average molecular weight is 394 g/mol. The smallest absolute Gasteiger partial charge is 0.161 e. The van der Waals surface area contributed by atoms with E-state index in [1.807, 2.05) is 23.6 Å². The minimum Gasteiger partial charge on any atom is -0.504 e. The van der Waals surface area contributed by atoms with Crippen molar-refractivity contribution >= 4 is 23.0 Å². The van der Waals surface area contributed by atoms with Gasteiger partial charge in [-0.3, -0.25) is 0 Å². The van der Waals surface area contributed by atoms with Crippen molar-refractivity contribution < 1.29 is 19.3 Å². The zero-order chi connectivity index (χ0) is 20.1. The number of phenols is 1. The van der Waals surface area contributed by atoms with Crippen LogP contribution in [0.15, 0.2) is 41.8 Å². The predicted molar refractivity (Wildman–Crippen MR) is 109 cm³/mol. The molecule has 2 aromatic carbocycles. The Hall–Kier alpha value is -3.50. The van der Waals surface area contributed by atoms with Crippen LogP contribution in [0.5, 0.6) is 23.0 Å². The van der Waals surface area contributed by atoms with Crippen molar-refractivity contribution in [3.8, 4) is 40.3 Å². The van der Waals surface area contributed by atoms with Crippen molar-refractivity contribution in [2.45, 2.75) is 0 Å². The van der Waals surface area contributed by atoms with Crippen molar-refractivity contribution in [1.82, 2.24) is 4.98 Å². The molecule has 0 aliphatic heterocycles. The van der Waals surface area contributed by atoms with Gasteiger partial charge in [0, 0.05) is 10.9 Å². The summed E-state index contributed by atoms with van der Waals surface area (Å²) in [5.74, 6) is 1.64. The second-order valence-corrected chi connectivity index (χ2v) is 6.57. The summed E-state index contributed by atoms with van der Waals surface area (Å²) in [6, 6.07) is 12.6. The van der Waals surface area contributed by atoms with Crippen LogP contribution >= 0.6 is 11.3 Å². The van der Waals surface area contributed by atoms with Gasteiger partial charge in [0.15, 0.2) is 23.0 Å². The van der Waals surface area contributed by atoms with Gasteiger partial charge < -0.3 is 19.3 Å². The second-order valence-electron chi connectivity index (χ2n) is 5.71. The van der Waals surface area contributed by atoms with Crippen LogP contribution in [0.1, 0.15) is 10.6 Å². The molecule has 1 N–H and O–H groups in total. The van der Waals surface area contributed by atoms with Crippen molar-refractivity contribution in [2.24, 2.45) is 0 Å². The molecule has 3 rings (SSSR count). The third kappa shape index (κ3) is 3.92. The van der Waals surface area contributed by atoms with E-state index in [9.17, 15) is 10.4 Å². The maximum Gasteiger partial charge on any atom is 0.161 e. The average Bonchev–Trinajstić information content (AvgIpc) is 3.22. The minimum atomic E-state index is 0.0446. The highest BCUT2D eigenvalue weighted by Crippen LogP contribution is 2.34. The molecule has 0 saturated carbocycles. The highest BCUT2D eigenvalue weighted by atomic mass is 32.1. The summed E-state index contributed by atoms with van der Waals surface area (Å²) in [4.78, 5) is 4.59. The van der Waals surface area contributed by atoms with Crippen LogP contribution in [0, 0.1) is 11.3 Å². The molecule has 28 heavy (non-hydrogen) atoms. The highest BCUT2D eigenvalue weighted by molar-refractivity contribution is 7.11. The quantitative estimate of drug-likeness (QED) is 0.615. The van der Waals surface area contributed by atoms with Crippen LogP contribution in [0.2, 0.25) is 0 Å². The number of phenolic OH excluding ortho intramolecular Hbond substituents is 1. The van der Waals surface area contributed by atoms with Crippen molar-refractivity contribution in [2.75, 3.05) is 21.3 Å². The van der Waals surface area contributed by atoms with Crippen molar-refractivity contribution in [3.05, 3.63) is 52.3 Å². The number of nitrogens with zero attached hydrogens (tertiary/aromatic N) is 2. The summed E-state index contributed by atoms with van der Waals surface area (Å²) in [7, 11) is 4.64. The topological polar surface area (TPSA) is 84.6 Å². The minimum absolute atomic E-state index is 0.0446. The van der Waals surface area contributed by atoms with Crippen LogP contribution in [-0.4, -0.2) is 31.4 Å². The Morgan fingerprint density at radius 2 is 1.79 bits per heavy atom. The predicted octanol–water partition coefficient (Wildman–Crippen LogP) is 4.61. The molecule has 3 aromatic rings. The van der Waals surface area contributed by atoms with Gasteiger partial charge in [-0.25, -0.2) is 4.98 Å². The fourth-order valence-corrected chi connectivity index (χ4v) is 3.41. The van der Waals surface area contributed by atoms with Crippen LogP contribution in [0.3, 0.4) is 0 Å². The number of aromatic hydroxyl groups is 1. The zero-order valence-electron chi connectivity index (χ0n) is 15.6. The zero-order valence-corrected chi connectivity index (χ0v) is 16.4. The molecule has 6 nitrogen and oxygen atoms in total. The molecule has 0 aliphatic carbocycles. The number of hydrogen-bond acceptors (Lipinski definition) is 7. The number of methoxy groups -OCH3 is 3. The molecule has 0 atom stereocenters. The van der Waals surface area contributed by atoms with E-state index in [1.54, 1.807) is 32.4 Å². The van der Waals surface area contributed by atoms with Gasteiger partial charge in [0.1, 0.15) is 11.1 Å². The largest absolute Gasteiger partial charge is 0.504 e. The molecule has 0 radical (unpaired) electrons. The number of aromatic nitrogens is 1. The van der Waals surface area contributed by atoms with Crippen LogP contribution in [-0.2, 0) is 0 Å². The maximum absolute atomic E-state index is 9.71. The Morgan fingerprint density at radius 3 is 2.46 bits per heavy atom. The van der Waals surface area contributed by atoms with E-state index in [1.165, 1.54) is 24.5 Å². The molecule has 0 unspecified atom stereocenters. The number of ether oxygens (including phenoxy) is 3. The second kappa shape index (κ2) is 8.46. The first kappa shape index (κ1) is 19.3. The lowest BCUT2D eigenvalue weighted by Crippen LogP contribution is -1.91. The third-order valence-corrected chi connectivity index (χ3v) is 4.92. The van der Waals surface area contributed by atoms with Gasteiger partial charge in [-0.2, -0.15) is 5.26 Å². The Labute approximate surface area is 166 Å². The van der Waals surface area contributed by atoms with Crippen LogP contribution in [0.25, 0.3) is 22.9 Å². The molecule has 142 valence electrons. The summed E-state index contributed by atoms with van der Waals surface area (Å²) in [5, 5.41) is 21.8. The fourth-order valence-electron chi connectivity index (χ4n) is 2.62. The molecular formula is C21H18N2O4S. The summed E-state index contributed by atoms with van der Waals surface area (Å²) < 4.78 is 15.7. The molecule has 0 aliphatic rings. The third-order valence-electron chi connectivity index (χ3n) is 4.05. The van der Waals surface area contributed by atoms with E-state index in [2.05, 4.69) is 11.1 Å². The highest BCUT2D eigenvalue weighted by Gasteiger charge is 2.12. The van der Waals surface area contributed by atoms with E-state index < -0.39 is 0 Å². The van der Waals surface area contributed by atoms with Crippen molar-refractivity contribution in [1.29, 1.82) is 5.26 Å². The first-order valence-electron chi connectivity index (χ1n) is 8.26. The fraction of sp³-hybridized carbons (Fsp3) is 0.143. The normalized spacial score (nSPS) is 11.0. The van der Waals surface area contributed by atoms with E-state index in [-0.39, 0.29) is 5.75 Å². The van der Waals surface area contributed by atoms with E-state index >= 15 is 0 Å². The van der Waals surface area contributed by atoms with Gasteiger partial charge in [-0.05, 0) is 42.0 Å². The monoisotopic (exact) mass is 394 g/mol. The summed E-state index contributed by atoms with van der Waals surface area (Å²) >= 11 is 1.38. The molecule has 0 fully saturated rings. The van der Waals surface area contributed by atoms with Gasteiger partial charge in [0.2, 0.25) is 0 Å². The summed E-state index contributed by atoms with van der Waals surface area (Å²) in [5.41, 5.74) is 2.76. The standard InChI is InChI=1S/C21H18N2O4S/c1-25-18-7-5-14(10-20(18)27-3)16-12-28-21(23-16)15(11-22)8-13-4-6-17(24)19(9-13)26-2/h4-10,12,24H,1-3H3/b15-8-. The maximum atomic E-state index is 9.71. The van der Waals surface area contributed by atoms with E-state index in [4.69, 9.17) is 14.2 Å². The number of allylic oxidation sites excluding steroid dienone is 1. The number of hydrogen-bond donors (Lipinski definition) is 1. The number of nitriles is 1. The van der Waals surface area contributed by atoms with Gasteiger partial charge in [0.25, 0.3) is 0 Å². The Bertz CT molecular complexity index is 1070. The number of rotatable bonds is 6. The Morgan fingerprint density at radius 1 is 1.04 bits per heavy atom. The first-order chi connectivity index (χ1) is 13.6. The molecule has 1 heterocycles. The lowest BCUT2D eigenvalue weighted by molar-refractivity contribution is 0.355. The van der Waals surface area contributed by atoms with Gasteiger partial charge in [-0.15, -0.1) is 11.3 Å². The molecule has 0 amide bonds. The SMILES string of the molecule is COc1cc(/C=C(/C#N)c2nc(-c3ccc(OC)c(OC)c3)cs2)ccc1O. The molecular weight excluding hydrogens is 376 g/mol. The van der Waals surface area contributed by atoms with Gasteiger partial charge in [0.05, 0.1) is 32.6 Å².